The summed E-state index contributed by atoms with van der Waals surface area (Å²) in [5.74, 6) is -1.91. The molecular weight excluding hydrogens is 773 g/mol. The van der Waals surface area contributed by atoms with E-state index in [0.717, 1.165) is 74.5 Å². The second kappa shape index (κ2) is 15.8. The summed E-state index contributed by atoms with van der Waals surface area (Å²) in [6, 6.07) is 11.6. The lowest BCUT2D eigenvalue weighted by molar-refractivity contribution is -0.136. The van der Waals surface area contributed by atoms with Gasteiger partial charge in [-0.1, -0.05) is 6.07 Å². The van der Waals surface area contributed by atoms with Crippen LogP contribution in [-0.4, -0.2) is 114 Å². The fraction of sp³-hybridized carbons (Fsp3) is 0.395. The zero-order valence-corrected chi connectivity index (χ0v) is 33.6. The third-order valence-electron chi connectivity index (χ3n) is 12.1. The summed E-state index contributed by atoms with van der Waals surface area (Å²) in [6.45, 7) is 11.8. The van der Waals surface area contributed by atoms with Crippen LogP contribution in [0.4, 0.5) is 26.2 Å². The molecule has 3 saturated heterocycles. The Morgan fingerprint density at radius 1 is 0.833 bits per heavy atom. The van der Waals surface area contributed by atoms with E-state index in [1.165, 1.54) is 6.07 Å². The Morgan fingerprint density at radius 2 is 1.60 bits per heavy atom. The maximum Gasteiger partial charge on any atom is 0.262 e. The lowest BCUT2D eigenvalue weighted by Gasteiger charge is -2.43. The molecule has 60 heavy (non-hydrogen) atoms. The summed E-state index contributed by atoms with van der Waals surface area (Å²) in [4.78, 5) is 76.2. The molecule has 0 saturated carbocycles. The maximum atomic E-state index is 15.2. The number of pyridine rings is 1. The number of carbonyl (C=O) groups excluding carboxylic acids is 4. The molecule has 4 aliphatic rings. The van der Waals surface area contributed by atoms with Gasteiger partial charge in [0, 0.05) is 56.8 Å². The van der Waals surface area contributed by atoms with Crippen LogP contribution in [0.3, 0.4) is 0 Å². The van der Waals surface area contributed by atoms with E-state index in [9.17, 15) is 19.2 Å². The quantitative estimate of drug-likeness (QED) is 0.192. The second-order valence-electron chi connectivity index (χ2n) is 16.2. The van der Waals surface area contributed by atoms with E-state index in [1.807, 2.05) is 43.5 Å². The molecule has 7 heterocycles. The van der Waals surface area contributed by atoms with Crippen LogP contribution >= 0.6 is 0 Å². The standard InChI is InChI=1S/C43H45F2N11O4/c1-24(2)55-25(3)48-39-32(44)19-27(20-35(39)55)38-33(45)22-47-43(51-38)49-36-8-5-29(21-46-36)54-16-14-53(15-17-54)28-10-12-52(13-11-28)23-26-4-6-30-31(18-26)42(60)56(41(30)59)34-7-9-37(57)50-40(34)58/h4-6,8,18-22,24,28,34H,7,9-17,23H2,1-3H3,(H,50,57,58)(H,46,47,49,51). The number of nitrogens with one attached hydrogen (secondary N) is 2. The number of imide groups is 2. The number of fused-ring (bicyclic) bond motifs is 2. The minimum absolute atomic E-state index is 0.0280. The lowest BCUT2D eigenvalue weighted by atomic mass is 10.0. The average Bonchev–Trinajstić information content (AvgIpc) is 3.71. The maximum absolute atomic E-state index is 15.2. The smallest absolute Gasteiger partial charge is 0.262 e. The summed E-state index contributed by atoms with van der Waals surface area (Å²) in [5, 5.41) is 5.30. The Morgan fingerprint density at radius 3 is 2.32 bits per heavy atom. The van der Waals surface area contributed by atoms with Crippen LogP contribution in [0.25, 0.3) is 22.3 Å². The van der Waals surface area contributed by atoms with Gasteiger partial charge in [-0.05, 0) is 95.1 Å². The molecule has 5 aromatic rings. The van der Waals surface area contributed by atoms with E-state index in [4.69, 9.17) is 0 Å². The molecule has 2 N–H and O–H groups in total. The largest absolute Gasteiger partial charge is 0.368 e. The van der Waals surface area contributed by atoms with Crippen molar-refractivity contribution in [3.8, 4) is 11.3 Å². The van der Waals surface area contributed by atoms with Gasteiger partial charge >= 0.3 is 0 Å². The highest BCUT2D eigenvalue weighted by Gasteiger charge is 2.44. The number of imidazole rings is 1. The molecule has 2 aromatic carbocycles. The monoisotopic (exact) mass is 817 g/mol. The topological polar surface area (TPSA) is 162 Å². The molecule has 0 spiro atoms. The van der Waals surface area contributed by atoms with Crippen molar-refractivity contribution in [3.63, 3.8) is 0 Å². The van der Waals surface area contributed by atoms with Crippen molar-refractivity contribution in [2.75, 3.05) is 49.5 Å². The van der Waals surface area contributed by atoms with Crippen molar-refractivity contribution < 1.29 is 28.0 Å². The Labute approximate surface area is 344 Å². The van der Waals surface area contributed by atoms with Crippen LogP contribution in [0.1, 0.15) is 77.7 Å². The van der Waals surface area contributed by atoms with Crippen LogP contribution in [0, 0.1) is 18.6 Å². The minimum Gasteiger partial charge on any atom is -0.368 e. The molecule has 1 atom stereocenters. The van der Waals surface area contributed by atoms with Gasteiger partial charge in [0.05, 0.1) is 34.7 Å². The van der Waals surface area contributed by atoms with E-state index in [-0.39, 0.29) is 41.6 Å². The lowest BCUT2D eigenvalue weighted by Crippen LogP contribution is -2.54. The van der Waals surface area contributed by atoms with E-state index in [0.29, 0.717) is 40.9 Å². The minimum atomic E-state index is -0.978. The zero-order valence-electron chi connectivity index (χ0n) is 33.6. The number of anilines is 3. The van der Waals surface area contributed by atoms with Crippen molar-refractivity contribution >= 4 is 52.1 Å². The molecule has 3 aromatic heterocycles. The molecule has 15 nitrogen and oxygen atoms in total. The third-order valence-corrected chi connectivity index (χ3v) is 12.1. The average molecular weight is 818 g/mol. The van der Waals surface area contributed by atoms with Gasteiger partial charge in [-0.2, -0.15) is 0 Å². The fourth-order valence-corrected chi connectivity index (χ4v) is 9.11. The van der Waals surface area contributed by atoms with Crippen LogP contribution in [0.15, 0.2) is 54.9 Å². The van der Waals surface area contributed by atoms with Gasteiger partial charge in [-0.25, -0.2) is 28.7 Å². The molecule has 4 aliphatic heterocycles. The SMILES string of the molecule is Cc1nc2c(F)cc(-c3nc(Nc4ccc(N5CCN(C6CCN(Cc7ccc8c(c7)C(=O)N(C7CCC(=O)NC7=O)C8=O)CC6)CC5)cn4)ncc3F)cc2n1C(C)C. The number of carbonyl (C=O) groups is 4. The van der Waals surface area contributed by atoms with E-state index < -0.39 is 41.3 Å². The van der Waals surface area contributed by atoms with Gasteiger partial charge in [0.1, 0.15) is 28.9 Å². The predicted octanol–water partition coefficient (Wildman–Crippen LogP) is 4.99. The number of benzene rings is 2. The summed E-state index contributed by atoms with van der Waals surface area (Å²) >= 11 is 0. The molecule has 4 amide bonds. The number of aromatic nitrogens is 5. The van der Waals surface area contributed by atoms with Crippen molar-refractivity contribution in [1.29, 1.82) is 0 Å². The molecule has 3 fully saturated rings. The number of aryl methyl sites for hydroxylation is 1. The molecule has 0 bridgehead atoms. The van der Waals surface area contributed by atoms with Crippen LogP contribution in [0.2, 0.25) is 0 Å². The fourth-order valence-electron chi connectivity index (χ4n) is 9.11. The van der Waals surface area contributed by atoms with Gasteiger partial charge in [0.25, 0.3) is 11.8 Å². The highest BCUT2D eigenvalue weighted by atomic mass is 19.1. The molecule has 9 rings (SSSR count). The summed E-state index contributed by atoms with van der Waals surface area (Å²) in [7, 11) is 0. The number of rotatable bonds is 9. The normalized spacial score (nSPS) is 19.5. The molecule has 310 valence electrons. The summed E-state index contributed by atoms with van der Waals surface area (Å²) in [6.07, 6.45) is 5.12. The molecule has 1 unspecified atom stereocenters. The zero-order chi connectivity index (χ0) is 41.8. The Hall–Kier alpha value is -6.20. The molecule has 17 heteroatoms. The van der Waals surface area contributed by atoms with E-state index in [1.54, 1.807) is 24.4 Å². The number of halogens is 2. The van der Waals surface area contributed by atoms with Crippen molar-refractivity contribution in [2.45, 2.75) is 71.1 Å². The van der Waals surface area contributed by atoms with Gasteiger partial charge in [-0.3, -0.25) is 39.2 Å². The van der Waals surface area contributed by atoms with E-state index in [2.05, 4.69) is 45.3 Å². The molecule has 0 radical (unpaired) electrons. The second-order valence-corrected chi connectivity index (χ2v) is 16.2. The number of nitrogens with zero attached hydrogens (tertiary/aromatic N) is 9. The van der Waals surface area contributed by atoms with Crippen molar-refractivity contribution in [2.24, 2.45) is 0 Å². The first-order chi connectivity index (χ1) is 28.9. The van der Waals surface area contributed by atoms with Gasteiger partial charge < -0.3 is 14.8 Å². The van der Waals surface area contributed by atoms with Crippen molar-refractivity contribution in [3.05, 3.63) is 89.0 Å². The van der Waals surface area contributed by atoms with Gasteiger partial charge in [0.2, 0.25) is 17.8 Å². The third kappa shape index (κ3) is 7.36. The highest BCUT2D eigenvalue weighted by Crippen LogP contribution is 2.32. The summed E-state index contributed by atoms with van der Waals surface area (Å²) in [5.41, 5.74) is 3.59. The Balaban J connectivity index is 0.767. The number of likely N-dealkylation sites (tertiary alicyclic amines) is 1. The van der Waals surface area contributed by atoms with Crippen molar-refractivity contribution in [1.82, 2.24) is 44.5 Å². The molecular formula is C43H45F2N11O4. The first kappa shape index (κ1) is 39.3. The first-order valence-electron chi connectivity index (χ1n) is 20.4. The van der Waals surface area contributed by atoms with Gasteiger partial charge in [-0.15, -0.1) is 0 Å². The molecule has 0 aliphatic carbocycles. The van der Waals surface area contributed by atoms with Crippen LogP contribution in [-0.2, 0) is 16.1 Å². The van der Waals surface area contributed by atoms with Crippen LogP contribution < -0.4 is 15.5 Å². The Kier molecular flexibility index (Phi) is 10.3. The van der Waals surface area contributed by atoms with Gasteiger partial charge in [0.15, 0.2) is 11.6 Å². The Bertz CT molecular complexity index is 2530. The summed E-state index contributed by atoms with van der Waals surface area (Å²) < 4.78 is 32.1. The number of hydrogen-bond acceptors (Lipinski definition) is 12. The number of piperidine rings is 2. The van der Waals surface area contributed by atoms with Crippen LogP contribution in [0.5, 0.6) is 0 Å². The number of amides is 4. The number of piperazine rings is 1. The first-order valence-corrected chi connectivity index (χ1v) is 20.4. The van der Waals surface area contributed by atoms with E-state index >= 15 is 8.78 Å². The number of hydrogen-bond donors (Lipinski definition) is 2. The highest BCUT2D eigenvalue weighted by molar-refractivity contribution is 6.23. The predicted molar refractivity (Wildman–Crippen MR) is 219 cm³/mol.